The summed E-state index contributed by atoms with van der Waals surface area (Å²) in [5.41, 5.74) is 0. The fourth-order valence-corrected chi connectivity index (χ4v) is 0.0680. The lowest BCUT2D eigenvalue weighted by atomic mass is 10.2. The second kappa shape index (κ2) is 2.88. The van der Waals surface area contributed by atoms with Crippen LogP contribution in [-0.2, 0) is 4.79 Å². The Bertz CT molecular complexity index is 41.2. The van der Waals surface area contributed by atoms with Crippen molar-refractivity contribution in [2.75, 3.05) is 0 Å². The van der Waals surface area contributed by atoms with E-state index in [9.17, 15) is 4.79 Å². The van der Waals surface area contributed by atoms with Gasteiger partial charge in [-0.3, -0.25) is 0 Å². The molecule has 0 amide bonds. The van der Waals surface area contributed by atoms with Crippen LogP contribution in [0.15, 0.2) is 0 Å². The second-order valence-corrected chi connectivity index (χ2v) is 1.40. The second-order valence-electron chi connectivity index (χ2n) is 1.40. The van der Waals surface area contributed by atoms with Crippen molar-refractivity contribution in [2.24, 2.45) is 5.92 Å². The van der Waals surface area contributed by atoms with Crippen molar-refractivity contribution >= 4 is 6.29 Å². The Morgan fingerprint density at radius 1 is 2.00 bits per heavy atom. The van der Waals surface area contributed by atoms with E-state index in [4.69, 9.17) is 0 Å². The Labute approximate surface area is 38.4 Å². The molecule has 0 rings (SSSR count). The first-order chi connectivity index (χ1) is 2.81. The maximum atomic E-state index is 9.70. The van der Waals surface area contributed by atoms with E-state index in [0.717, 1.165) is 6.29 Å². The van der Waals surface area contributed by atoms with Gasteiger partial charge in [0.15, 0.2) is 0 Å². The van der Waals surface area contributed by atoms with E-state index in [1.807, 2.05) is 6.92 Å². The SMILES string of the molecule is [CH2]CC(C)C=O. The van der Waals surface area contributed by atoms with E-state index in [2.05, 4.69) is 6.92 Å². The van der Waals surface area contributed by atoms with E-state index in [1.54, 1.807) is 0 Å². The number of hydrogen-bond donors (Lipinski definition) is 0. The van der Waals surface area contributed by atoms with Crippen LogP contribution in [0, 0.1) is 12.8 Å². The van der Waals surface area contributed by atoms with Crippen LogP contribution in [0.3, 0.4) is 0 Å². The highest BCUT2D eigenvalue weighted by molar-refractivity contribution is 5.52. The molecule has 0 aliphatic rings. The minimum Gasteiger partial charge on any atom is -0.303 e. The van der Waals surface area contributed by atoms with Crippen molar-refractivity contribution in [3.63, 3.8) is 0 Å². The van der Waals surface area contributed by atoms with Gasteiger partial charge in [0.25, 0.3) is 0 Å². The van der Waals surface area contributed by atoms with Crippen molar-refractivity contribution in [1.82, 2.24) is 0 Å². The monoisotopic (exact) mass is 85.1 g/mol. The van der Waals surface area contributed by atoms with Crippen LogP contribution in [0.5, 0.6) is 0 Å². The van der Waals surface area contributed by atoms with Crippen LogP contribution >= 0.6 is 0 Å². The molecule has 1 unspecified atom stereocenters. The van der Waals surface area contributed by atoms with Crippen molar-refractivity contribution < 1.29 is 4.79 Å². The van der Waals surface area contributed by atoms with Gasteiger partial charge in [0.1, 0.15) is 6.29 Å². The number of carbonyl (C=O) groups is 1. The molecule has 0 fully saturated rings. The van der Waals surface area contributed by atoms with E-state index in [-0.39, 0.29) is 5.92 Å². The number of rotatable bonds is 2. The molecule has 0 saturated heterocycles. The summed E-state index contributed by atoms with van der Waals surface area (Å²) in [7, 11) is 0. The van der Waals surface area contributed by atoms with Crippen molar-refractivity contribution in [3.05, 3.63) is 6.92 Å². The van der Waals surface area contributed by atoms with Gasteiger partial charge in [0.2, 0.25) is 0 Å². The van der Waals surface area contributed by atoms with Gasteiger partial charge in [-0.05, 0) is 6.42 Å². The first-order valence-corrected chi connectivity index (χ1v) is 2.05. The zero-order valence-electron chi connectivity index (χ0n) is 3.98. The van der Waals surface area contributed by atoms with Crippen LogP contribution in [0.1, 0.15) is 13.3 Å². The average molecular weight is 85.1 g/mol. The standard InChI is InChI=1S/C5H9O/c1-3-5(2)4-6/h4-5H,1,3H2,2H3. The predicted molar refractivity (Wildman–Crippen MR) is 25.2 cm³/mol. The molecule has 1 radical (unpaired) electrons. The zero-order chi connectivity index (χ0) is 4.99. The van der Waals surface area contributed by atoms with Crippen LogP contribution < -0.4 is 0 Å². The molecule has 0 saturated carbocycles. The van der Waals surface area contributed by atoms with Gasteiger partial charge in [0, 0.05) is 5.92 Å². The van der Waals surface area contributed by atoms with Gasteiger partial charge >= 0.3 is 0 Å². The normalized spacial score (nSPS) is 13.7. The largest absolute Gasteiger partial charge is 0.303 e. The summed E-state index contributed by atoms with van der Waals surface area (Å²) in [6, 6.07) is 0. The summed E-state index contributed by atoms with van der Waals surface area (Å²) < 4.78 is 0. The molecule has 0 spiro atoms. The number of carbonyl (C=O) groups excluding carboxylic acids is 1. The van der Waals surface area contributed by atoms with Gasteiger partial charge in [-0.2, -0.15) is 0 Å². The lowest BCUT2D eigenvalue weighted by molar-refractivity contribution is -0.110. The molecule has 0 bridgehead atoms. The molecule has 0 aliphatic carbocycles. The minimum absolute atomic E-state index is 0.144. The Kier molecular flexibility index (Phi) is 2.73. The molecule has 6 heavy (non-hydrogen) atoms. The van der Waals surface area contributed by atoms with E-state index in [1.165, 1.54) is 0 Å². The summed E-state index contributed by atoms with van der Waals surface area (Å²) >= 11 is 0. The highest BCUT2D eigenvalue weighted by atomic mass is 16.1. The third-order valence-electron chi connectivity index (χ3n) is 0.688. The molecular weight excluding hydrogens is 76.1 g/mol. The minimum atomic E-state index is 0.144. The van der Waals surface area contributed by atoms with Crippen LogP contribution in [-0.4, -0.2) is 6.29 Å². The number of hydrogen-bond acceptors (Lipinski definition) is 1. The maximum absolute atomic E-state index is 9.70. The Hall–Kier alpha value is -0.330. The molecule has 1 nitrogen and oxygen atoms in total. The summed E-state index contributed by atoms with van der Waals surface area (Å²) in [5, 5.41) is 0. The fourth-order valence-electron chi connectivity index (χ4n) is 0.0680. The molecule has 1 atom stereocenters. The van der Waals surface area contributed by atoms with E-state index >= 15 is 0 Å². The topological polar surface area (TPSA) is 17.1 Å². The molecule has 0 heterocycles. The predicted octanol–water partition coefficient (Wildman–Crippen LogP) is 1.05. The van der Waals surface area contributed by atoms with E-state index < -0.39 is 0 Å². The number of aldehydes is 1. The van der Waals surface area contributed by atoms with Crippen LogP contribution in [0.2, 0.25) is 0 Å². The lowest BCUT2D eigenvalue weighted by Crippen LogP contribution is -1.89. The lowest BCUT2D eigenvalue weighted by Gasteiger charge is -1.89. The van der Waals surface area contributed by atoms with Gasteiger partial charge in [-0.15, -0.1) is 0 Å². The molecule has 0 aromatic carbocycles. The average Bonchev–Trinajstić information content (AvgIpc) is 1.65. The summed E-state index contributed by atoms with van der Waals surface area (Å²) in [4.78, 5) is 9.70. The maximum Gasteiger partial charge on any atom is 0.122 e. The summed E-state index contributed by atoms with van der Waals surface area (Å²) in [6.07, 6.45) is 1.62. The van der Waals surface area contributed by atoms with Crippen molar-refractivity contribution in [2.45, 2.75) is 13.3 Å². The van der Waals surface area contributed by atoms with Crippen molar-refractivity contribution in [1.29, 1.82) is 0 Å². The van der Waals surface area contributed by atoms with Gasteiger partial charge in [-0.1, -0.05) is 13.8 Å². The molecule has 0 aromatic rings. The molecule has 35 valence electrons. The first-order valence-electron chi connectivity index (χ1n) is 2.05. The summed E-state index contributed by atoms with van der Waals surface area (Å²) in [5.74, 6) is 0.144. The molecule has 0 aromatic heterocycles. The Balaban J connectivity index is 2.96. The fraction of sp³-hybridized carbons (Fsp3) is 0.600. The van der Waals surface area contributed by atoms with Gasteiger partial charge < -0.3 is 4.79 Å². The molecule has 0 N–H and O–H groups in total. The van der Waals surface area contributed by atoms with Crippen molar-refractivity contribution in [3.8, 4) is 0 Å². The first kappa shape index (κ1) is 5.67. The molecule has 0 aliphatic heterocycles. The molecule has 1 heteroatoms. The molecular formula is C5H9O. The highest BCUT2D eigenvalue weighted by Crippen LogP contribution is 1.91. The van der Waals surface area contributed by atoms with E-state index in [0.29, 0.717) is 6.42 Å². The van der Waals surface area contributed by atoms with Gasteiger partial charge in [0.05, 0.1) is 0 Å². The third-order valence-corrected chi connectivity index (χ3v) is 0.688. The highest BCUT2D eigenvalue weighted by Gasteiger charge is 1.89. The smallest absolute Gasteiger partial charge is 0.122 e. The Morgan fingerprint density at radius 2 is 2.50 bits per heavy atom. The Morgan fingerprint density at radius 3 is 2.50 bits per heavy atom. The summed E-state index contributed by atoms with van der Waals surface area (Å²) in [6.45, 7) is 5.37. The third kappa shape index (κ3) is 1.94. The van der Waals surface area contributed by atoms with Gasteiger partial charge in [-0.25, -0.2) is 0 Å². The van der Waals surface area contributed by atoms with Crippen LogP contribution in [0.25, 0.3) is 0 Å². The quantitative estimate of drug-likeness (QED) is 0.458. The van der Waals surface area contributed by atoms with Crippen LogP contribution in [0.4, 0.5) is 0 Å². The zero-order valence-corrected chi connectivity index (χ0v) is 3.98.